The van der Waals surface area contributed by atoms with Crippen molar-refractivity contribution in [3.05, 3.63) is 67.3 Å². The molecule has 0 unspecified atom stereocenters. The summed E-state index contributed by atoms with van der Waals surface area (Å²) < 4.78 is 3.51. The first-order valence-corrected chi connectivity index (χ1v) is 11.8. The number of aryl methyl sites for hydroxylation is 1. The van der Waals surface area contributed by atoms with E-state index in [4.69, 9.17) is 0 Å². The van der Waals surface area contributed by atoms with Crippen molar-refractivity contribution in [1.82, 2.24) is 24.1 Å². The van der Waals surface area contributed by atoms with Crippen molar-refractivity contribution in [2.45, 2.75) is 31.8 Å². The summed E-state index contributed by atoms with van der Waals surface area (Å²) in [6.07, 6.45) is 1.11. The van der Waals surface area contributed by atoms with Gasteiger partial charge in [0.15, 0.2) is 0 Å². The molecule has 2 aliphatic heterocycles. The number of thiophene rings is 1. The predicted octanol–water partition coefficient (Wildman–Crippen LogP) is 3.24. The van der Waals surface area contributed by atoms with Crippen molar-refractivity contribution in [3.8, 4) is 5.88 Å². The molecule has 1 saturated heterocycles. The van der Waals surface area contributed by atoms with E-state index in [0.29, 0.717) is 17.7 Å². The van der Waals surface area contributed by atoms with Crippen LogP contribution in [0, 0.1) is 12.8 Å². The molecule has 0 saturated carbocycles. The Bertz CT molecular complexity index is 1290. The average molecular weight is 440 g/mol. The third kappa shape index (κ3) is 2.76. The van der Waals surface area contributed by atoms with Crippen LogP contribution in [0.4, 0.5) is 0 Å². The number of piperidine rings is 1. The van der Waals surface area contributed by atoms with Crippen molar-refractivity contribution < 1.29 is 5.11 Å². The van der Waals surface area contributed by atoms with Crippen LogP contribution in [0.25, 0.3) is 4.96 Å². The van der Waals surface area contributed by atoms with Crippen LogP contribution >= 0.6 is 22.7 Å². The molecule has 1 N–H and O–H groups in total. The Morgan fingerprint density at radius 2 is 2.10 bits per heavy atom. The fourth-order valence-corrected chi connectivity index (χ4v) is 7.19. The second-order valence-electron chi connectivity index (χ2n) is 8.21. The van der Waals surface area contributed by atoms with Crippen LogP contribution < -0.4 is 5.56 Å². The summed E-state index contributed by atoms with van der Waals surface area (Å²) in [5, 5.41) is 17.4. The second-order valence-corrected chi connectivity index (χ2v) is 10.2. The number of fused-ring (bicyclic) bond motifs is 5. The highest BCUT2D eigenvalue weighted by molar-refractivity contribution is 7.17. The Hall–Kier alpha value is -2.49. The van der Waals surface area contributed by atoms with E-state index in [1.807, 2.05) is 17.6 Å². The van der Waals surface area contributed by atoms with E-state index in [1.165, 1.54) is 16.2 Å². The molecule has 0 amide bonds. The molecular formula is C21H21N5O2S2. The van der Waals surface area contributed by atoms with Crippen molar-refractivity contribution in [2.24, 2.45) is 5.92 Å². The molecule has 0 aromatic carbocycles. The van der Waals surface area contributed by atoms with Crippen molar-refractivity contribution in [1.29, 1.82) is 0 Å². The quantitative estimate of drug-likeness (QED) is 0.530. The van der Waals surface area contributed by atoms with Gasteiger partial charge in [-0.15, -0.1) is 16.4 Å². The molecule has 3 atom stereocenters. The topological polar surface area (TPSA) is 75.7 Å². The zero-order valence-corrected chi connectivity index (χ0v) is 18.1. The maximum atomic E-state index is 12.4. The molecule has 7 nitrogen and oxygen atoms in total. The van der Waals surface area contributed by atoms with E-state index in [-0.39, 0.29) is 17.5 Å². The van der Waals surface area contributed by atoms with Gasteiger partial charge in [0.1, 0.15) is 5.82 Å². The second kappa shape index (κ2) is 6.76. The van der Waals surface area contributed by atoms with Crippen LogP contribution in [0.1, 0.15) is 39.7 Å². The normalized spacial score (nSPS) is 22.3. The number of thiazole rings is 1. The highest BCUT2D eigenvalue weighted by atomic mass is 32.1. The number of hydrogen-bond acceptors (Lipinski definition) is 7. The summed E-state index contributed by atoms with van der Waals surface area (Å²) in [7, 11) is 0. The smallest absolute Gasteiger partial charge is 0.250 e. The zero-order chi connectivity index (χ0) is 20.4. The summed E-state index contributed by atoms with van der Waals surface area (Å²) in [6.45, 7) is 4.35. The van der Waals surface area contributed by atoms with Gasteiger partial charge in [-0.05, 0) is 36.8 Å². The van der Waals surface area contributed by atoms with E-state index in [9.17, 15) is 9.90 Å². The number of aromatic nitrogens is 4. The lowest BCUT2D eigenvalue weighted by atomic mass is 9.82. The van der Waals surface area contributed by atoms with Gasteiger partial charge in [-0.2, -0.15) is 4.52 Å². The SMILES string of the molecule is Cc1nc2sc([C@H](c3cccs3)N3C[C@@H]4C[C@H](C3)c3cccc(=O)n3C4)c(O)n2n1. The minimum absolute atomic E-state index is 0.0360. The summed E-state index contributed by atoms with van der Waals surface area (Å²) in [5.41, 5.74) is 1.24. The number of aromatic hydroxyl groups is 1. The molecule has 9 heteroatoms. The van der Waals surface area contributed by atoms with E-state index >= 15 is 0 Å². The standard InChI is InChI=1S/C21H21N5O2S2/c1-12-22-21-26(23-12)20(28)19(30-21)18(16-5-3-7-29-16)24-9-13-8-14(11-24)15-4-2-6-17(27)25(15)10-13/h2-7,13-14,18,28H,8-11H2,1H3/t13-,14+,18-/m0/s1. The maximum absolute atomic E-state index is 12.4. The number of rotatable bonds is 3. The largest absolute Gasteiger partial charge is 0.492 e. The van der Waals surface area contributed by atoms with Gasteiger partial charge in [-0.25, -0.2) is 4.98 Å². The lowest BCUT2D eigenvalue weighted by Crippen LogP contribution is -2.48. The summed E-state index contributed by atoms with van der Waals surface area (Å²) in [5.74, 6) is 1.58. The number of nitrogens with zero attached hydrogens (tertiary/aromatic N) is 5. The Morgan fingerprint density at radius 1 is 1.20 bits per heavy atom. The lowest BCUT2D eigenvalue weighted by molar-refractivity contribution is 0.0964. The van der Waals surface area contributed by atoms with Gasteiger partial charge in [0.25, 0.3) is 5.56 Å². The molecule has 4 aromatic heterocycles. The van der Waals surface area contributed by atoms with Gasteiger partial charge in [-0.1, -0.05) is 23.5 Å². The molecule has 2 bridgehead atoms. The Balaban J connectivity index is 1.43. The average Bonchev–Trinajstić information content (AvgIpc) is 3.43. The van der Waals surface area contributed by atoms with Gasteiger partial charge >= 0.3 is 0 Å². The molecule has 0 spiro atoms. The highest BCUT2D eigenvalue weighted by Crippen LogP contribution is 2.45. The third-order valence-corrected chi connectivity index (χ3v) is 8.24. The van der Waals surface area contributed by atoms with Crippen molar-refractivity contribution in [2.75, 3.05) is 13.1 Å². The molecule has 2 aliphatic rings. The van der Waals surface area contributed by atoms with E-state index in [0.717, 1.165) is 41.6 Å². The number of likely N-dealkylation sites (tertiary alicyclic amines) is 1. The summed E-state index contributed by atoms with van der Waals surface area (Å²) in [4.78, 5) is 22.1. The van der Waals surface area contributed by atoms with E-state index in [2.05, 4.69) is 38.6 Å². The number of hydrogen-bond donors (Lipinski definition) is 1. The zero-order valence-electron chi connectivity index (χ0n) is 16.4. The minimum Gasteiger partial charge on any atom is -0.492 e. The van der Waals surface area contributed by atoms with Crippen molar-refractivity contribution >= 4 is 27.6 Å². The Morgan fingerprint density at radius 3 is 2.90 bits per heavy atom. The molecule has 0 radical (unpaired) electrons. The molecule has 4 aromatic rings. The van der Waals surface area contributed by atoms with Gasteiger partial charge in [-0.3, -0.25) is 9.69 Å². The first-order chi connectivity index (χ1) is 14.6. The molecular weight excluding hydrogens is 418 g/mol. The maximum Gasteiger partial charge on any atom is 0.250 e. The lowest BCUT2D eigenvalue weighted by Gasteiger charge is -2.45. The van der Waals surface area contributed by atoms with Crippen LogP contribution in [0.5, 0.6) is 5.88 Å². The van der Waals surface area contributed by atoms with Gasteiger partial charge in [0.05, 0.1) is 10.9 Å². The monoisotopic (exact) mass is 439 g/mol. The Labute approximate surface area is 180 Å². The fourth-order valence-electron chi connectivity index (χ4n) is 5.09. The molecule has 6 heterocycles. The van der Waals surface area contributed by atoms with Crippen LogP contribution in [0.2, 0.25) is 0 Å². The van der Waals surface area contributed by atoms with E-state index < -0.39 is 0 Å². The molecule has 1 fully saturated rings. The predicted molar refractivity (Wildman–Crippen MR) is 117 cm³/mol. The first kappa shape index (κ1) is 18.3. The number of pyridine rings is 1. The minimum atomic E-state index is -0.0360. The van der Waals surface area contributed by atoms with Crippen LogP contribution in [0.15, 0.2) is 40.5 Å². The van der Waals surface area contributed by atoms with Gasteiger partial charge in [0, 0.05) is 42.2 Å². The third-order valence-electron chi connectivity index (χ3n) is 6.24. The molecule has 154 valence electrons. The molecule has 0 aliphatic carbocycles. The summed E-state index contributed by atoms with van der Waals surface area (Å²) >= 11 is 3.22. The van der Waals surface area contributed by atoms with Crippen LogP contribution in [0.3, 0.4) is 0 Å². The van der Waals surface area contributed by atoms with Gasteiger partial charge in [0.2, 0.25) is 10.8 Å². The van der Waals surface area contributed by atoms with Gasteiger partial charge < -0.3 is 9.67 Å². The van der Waals surface area contributed by atoms with Crippen molar-refractivity contribution in [3.63, 3.8) is 0 Å². The van der Waals surface area contributed by atoms with Crippen LogP contribution in [-0.4, -0.2) is 42.3 Å². The fraction of sp³-hybridized carbons (Fsp3) is 0.381. The van der Waals surface area contributed by atoms with E-state index in [1.54, 1.807) is 21.9 Å². The van der Waals surface area contributed by atoms with Crippen LogP contribution in [-0.2, 0) is 6.54 Å². The highest BCUT2D eigenvalue weighted by Gasteiger charge is 2.39. The molecule has 30 heavy (non-hydrogen) atoms. The first-order valence-electron chi connectivity index (χ1n) is 10.1. The molecule has 6 rings (SSSR count). The summed E-state index contributed by atoms with van der Waals surface area (Å²) in [6, 6.07) is 9.79. The Kier molecular flexibility index (Phi) is 4.12.